The first-order valence-corrected chi connectivity index (χ1v) is 11.7. The summed E-state index contributed by atoms with van der Waals surface area (Å²) >= 11 is 6.03. The van der Waals surface area contributed by atoms with Crippen molar-refractivity contribution in [2.75, 3.05) is 36.9 Å². The van der Waals surface area contributed by atoms with Crippen LogP contribution in [0.1, 0.15) is 24.8 Å². The molecule has 1 aromatic carbocycles. The number of hydrogen-bond acceptors (Lipinski definition) is 8. The van der Waals surface area contributed by atoms with Crippen LogP contribution in [0.2, 0.25) is 5.02 Å². The number of H-pyrrole nitrogens is 1. The van der Waals surface area contributed by atoms with Crippen LogP contribution in [0, 0.1) is 11.3 Å². The molecule has 10 nitrogen and oxygen atoms in total. The monoisotopic (exact) mass is 529 g/mol. The Bertz CT molecular complexity index is 1040. The fourth-order valence-corrected chi connectivity index (χ4v) is 4.45. The third-order valence-electron chi connectivity index (χ3n) is 6.06. The molecule has 0 bridgehead atoms. The Morgan fingerprint density at radius 3 is 2.47 bits per heavy atom. The van der Waals surface area contributed by atoms with Crippen molar-refractivity contribution in [3.05, 3.63) is 34.9 Å². The SMILES string of the molecule is N#CCC1CN(C2CCN(c3n[nH]c(N)n3)CC2)C(Cc2ccc(Cl)cc2)CO1.O=C(O)C(F)(F)F. The van der Waals surface area contributed by atoms with Gasteiger partial charge in [0.2, 0.25) is 11.9 Å². The Morgan fingerprint density at radius 1 is 1.31 bits per heavy atom. The number of aliphatic carboxylic acids is 1. The first kappa shape index (κ1) is 27.5. The molecule has 0 amide bonds. The Balaban J connectivity index is 0.000000454. The Morgan fingerprint density at radius 2 is 1.94 bits per heavy atom. The van der Waals surface area contributed by atoms with E-state index >= 15 is 0 Å². The van der Waals surface area contributed by atoms with E-state index in [2.05, 4.69) is 43.2 Å². The molecule has 36 heavy (non-hydrogen) atoms. The van der Waals surface area contributed by atoms with Gasteiger partial charge in [-0.2, -0.15) is 23.4 Å². The minimum atomic E-state index is -5.08. The molecule has 0 spiro atoms. The van der Waals surface area contributed by atoms with Crippen LogP contribution < -0.4 is 10.6 Å². The van der Waals surface area contributed by atoms with Gasteiger partial charge in [0.15, 0.2) is 0 Å². The lowest BCUT2D eigenvalue weighted by atomic mass is 9.96. The van der Waals surface area contributed by atoms with Crippen LogP contribution in [0.25, 0.3) is 0 Å². The summed E-state index contributed by atoms with van der Waals surface area (Å²) in [5.74, 6) is -1.74. The van der Waals surface area contributed by atoms with Crippen LogP contribution in [0.5, 0.6) is 0 Å². The maximum Gasteiger partial charge on any atom is 0.490 e. The number of carbonyl (C=O) groups is 1. The number of halogens is 4. The van der Waals surface area contributed by atoms with E-state index < -0.39 is 12.1 Å². The molecule has 2 aliphatic heterocycles. The molecule has 2 saturated heterocycles. The standard InChI is InChI=1S/C20H26ClN7O.C2HF3O2/c21-15-3-1-14(2-4-15)11-17-13-29-18(5-8-22)12-28(17)16-6-9-27(10-7-16)20-24-19(23)25-26-20;3-2(4,5)1(6)7/h1-4,16-18H,5-7,9-13H2,(H3,23,24,25,26);(H,6,7). The van der Waals surface area contributed by atoms with Crippen LogP contribution in [0.4, 0.5) is 25.1 Å². The number of hydrogen-bond donors (Lipinski definition) is 3. The second-order valence-electron chi connectivity index (χ2n) is 8.54. The normalized spacial score (nSPS) is 21.4. The fraction of sp³-hybridized carbons (Fsp3) is 0.545. The number of nitrogens with one attached hydrogen (secondary N) is 1. The zero-order valence-electron chi connectivity index (χ0n) is 19.3. The highest BCUT2D eigenvalue weighted by molar-refractivity contribution is 6.30. The molecule has 2 aromatic rings. The smallest absolute Gasteiger partial charge is 0.475 e. The minimum Gasteiger partial charge on any atom is -0.475 e. The van der Waals surface area contributed by atoms with E-state index in [0.29, 0.717) is 37.0 Å². The van der Waals surface area contributed by atoms with Gasteiger partial charge >= 0.3 is 12.1 Å². The number of carboxylic acid groups (broad SMARTS) is 1. The predicted octanol–water partition coefficient (Wildman–Crippen LogP) is 2.87. The van der Waals surface area contributed by atoms with Crippen LogP contribution in [-0.4, -0.2) is 81.8 Å². The number of ether oxygens (including phenoxy) is 1. The second-order valence-corrected chi connectivity index (χ2v) is 8.98. The number of nitrogens with zero attached hydrogens (tertiary/aromatic N) is 5. The van der Waals surface area contributed by atoms with E-state index in [9.17, 15) is 13.2 Å². The van der Waals surface area contributed by atoms with Gasteiger partial charge in [0.1, 0.15) is 0 Å². The summed E-state index contributed by atoms with van der Waals surface area (Å²) in [4.78, 5) is 17.9. The van der Waals surface area contributed by atoms with Gasteiger partial charge in [-0.05, 0) is 37.0 Å². The Hall–Kier alpha value is -3.08. The number of carboxylic acids is 1. The summed E-state index contributed by atoms with van der Waals surface area (Å²) in [6.45, 7) is 3.21. The fourth-order valence-electron chi connectivity index (χ4n) is 4.32. The van der Waals surface area contributed by atoms with Gasteiger partial charge in [0.25, 0.3) is 0 Å². The minimum absolute atomic E-state index is 0.0210. The molecule has 1 aromatic heterocycles. The van der Waals surface area contributed by atoms with Gasteiger partial charge in [-0.1, -0.05) is 23.7 Å². The summed E-state index contributed by atoms with van der Waals surface area (Å²) in [7, 11) is 0. The number of anilines is 2. The lowest BCUT2D eigenvalue weighted by Crippen LogP contribution is -2.57. The lowest BCUT2D eigenvalue weighted by Gasteiger charge is -2.46. The third kappa shape index (κ3) is 7.71. The van der Waals surface area contributed by atoms with E-state index in [1.54, 1.807) is 0 Å². The molecule has 0 radical (unpaired) electrons. The molecule has 196 valence electrons. The number of benzene rings is 1. The van der Waals surface area contributed by atoms with E-state index in [1.807, 2.05) is 12.1 Å². The van der Waals surface area contributed by atoms with Crippen LogP contribution >= 0.6 is 11.6 Å². The molecule has 0 aliphatic carbocycles. The van der Waals surface area contributed by atoms with Crippen molar-refractivity contribution < 1.29 is 27.8 Å². The molecule has 4 N–H and O–H groups in total. The van der Waals surface area contributed by atoms with E-state index in [-0.39, 0.29) is 6.10 Å². The largest absolute Gasteiger partial charge is 0.490 e. The number of piperidine rings is 1. The average Bonchev–Trinajstić information content (AvgIpc) is 3.28. The highest BCUT2D eigenvalue weighted by Crippen LogP contribution is 2.27. The topological polar surface area (TPSA) is 144 Å². The van der Waals surface area contributed by atoms with Crippen molar-refractivity contribution >= 4 is 29.5 Å². The number of aromatic amines is 1. The van der Waals surface area contributed by atoms with E-state index in [1.165, 1.54) is 5.56 Å². The van der Waals surface area contributed by atoms with Gasteiger partial charge in [0, 0.05) is 36.7 Å². The summed E-state index contributed by atoms with van der Waals surface area (Å²) < 4.78 is 37.7. The highest BCUT2D eigenvalue weighted by Gasteiger charge is 2.38. The van der Waals surface area contributed by atoms with Gasteiger partial charge in [-0.25, -0.2) is 9.89 Å². The molecule has 0 saturated carbocycles. The maximum atomic E-state index is 10.6. The lowest BCUT2D eigenvalue weighted by molar-refractivity contribution is -0.192. The van der Waals surface area contributed by atoms with Gasteiger partial charge < -0.3 is 20.5 Å². The number of nitrogen functional groups attached to an aromatic ring is 1. The molecule has 2 aliphatic rings. The molecule has 2 unspecified atom stereocenters. The van der Waals surface area contributed by atoms with Crippen molar-refractivity contribution in [1.29, 1.82) is 5.26 Å². The van der Waals surface area contributed by atoms with Crippen molar-refractivity contribution in [3.8, 4) is 6.07 Å². The average molecular weight is 530 g/mol. The Kier molecular flexibility index (Phi) is 9.36. The first-order valence-electron chi connectivity index (χ1n) is 11.3. The molecule has 14 heteroatoms. The van der Waals surface area contributed by atoms with E-state index in [0.717, 1.165) is 43.9 Å². The highest BCUT2D eigenvalue weighted by atomic mass is 35.5. The molecular formula is C22H27ClF3N7O3. The zero-order chi connectivity index (χ0) is 26.3. The van der Waals surface area contributed by atoms with Gasteiger partial charge in [-0.15, -0.1) is 5.10 Å². The van der Waals surface area contributed by atoms with E-state index in [4.69, 9.17) is 37.2 Å². The molecule has 2 atom stereocenters. The molecule has 4 rings (SSSR count). The Labute approximate surface area is 210 Å². The summed E-state index contributed by atoms with van der Waals surface area (Å²) in [5, 5.41) is 23.9. The summed E-state index contributed by atoms with van der Waals surface area (Å²) in [6, 6.07) is 11.0. The van der Waals surface area contributed by atoms with Crippen molar-refractivity contribution in [2.45, 2.75) is 50.0 Å². The third-order valence-corrected chi connectivity index (χ3v) is 6.31. The van der Waals surface area contributed by atoms with Crippen LogP contribution in [0.15, 0.2) is 24.3 Å². The van der Waals surface area contributed by atoms with Crippen LogP contribution in [0.3, 0.4) is 0 Å². The molecular weight excluding hydrogens is 503 g/mol. The van der Waals surface area contributed by atoms with Gasteiger partial charge in [0.05, 0.1) is 25.2 Å². The predicted molar refractivity (Wildman–Crippen MR) is 125 cm³/mol. The van der Waals surface area contributed by atoms with Crippen LogP contribution in [-0.2, 0) is 16.0 Å². The number of nitrogens with two attached hydrogens (primary N) is 1. The quantitative estimate of drug-likeness (QED) is 0.532. The maximum absolute atomic E-state index is 10.6. The molecule has 3 heterocycles. The summed E-state index contributed by atoms with van der Waals surface area (Å²) in [6.07, 6.45) is -1.73. The number of morpholine rings is 1. The number of alkyl halides is 3. The molecule has 2 fully saturated rings. The first-order chi connectivity index (χ1) is 17.1. The van der Waals surface area contributed by atoms with Gasteiger partial charge in [-0.3, -0.25) is 4.90 Å². The van der Waals surface area contributed by atoms with Crippen molar-refractivity contribution in [1.82, 2.24) is 20.1 Å². The number of aromatic nitrogens is 3. The second kappa shape index (κ2) is 12.2. The zero-order valence-corrected chi connectivity index (χ0v) is 20.0. The summed E-state index contributed by atoms with van der Waals surface area (Å²) in [5.41, 5.74) is 6.91. The van der Waals surface area contributed by atoms with Crippen molar-refractivity contribution in [2.24, 2.45) is 0 Å². The number of nitriles is 1. The number of rotatable bonds is 5. The van der Waals surface area contributed by atoms with Crippen molar-refractivity contribution in [3.63, 3.8) is 0 Å².